The zero-order valence-electron chi connectivity index (χ0n) is 15.5. The van der Waals surface area contributed by atoms with E-state index in [-0.39, 0.29) is 11.4 Å². The zero-order valence-corrected chi connectivity index (χ0v) is 17.0. The maximum absolute atomic E-state index is 12.1. The molecule has 0 N–H and O–H groups in total. The first-order chi connectivity index (χ1) is 14.4. The number of esters is 1. The molecule has 0 spiro atoms. The number of rotatable bonds is 6. The van der Waals surface area contributed by atoms with Crippen LogP contribution in [0, 0.1) is 10.1 Å². The van der Waals surface area contributed by atoms with E-state index in [0.717, 1.165) is 16.7 Å². The molecule has 5 nitrogen and oxygen atoms in total. The van der Waals surface area contributed by atoms with Gasteiger partial charge in [0.25, 0.3) is 5.69 Å². The molecule has 30 heavy (non-hydrogen) atoms. The molecule has 0 aliphatic heterocycles. The topological polar surface area (TPSA) is 69.4 Å². The third-order valence-corrected chi connectivity index (χ3v) is 4.58. The van der Waals surface area contributed by atoms with Crippen molar-refractivity contribution in [3.63, 3.8) is 0 Å². The average Bonchev–Trinajstić information content (AvgIpc) is 2.73. The lowest BCUT2D eigenvalue weighted by Crippen LogP contribution is -2.03. The lowest BCUT2D eigenvalue weighted by Gasteiger charge is -2.08. The number of ether oxygens (including phenoxy) is 1. The van der Waals surface area contributed by atoms with Gasteiger partial charge in [-0.05, 0) is 53.1 Å². The number of carbonyl (C=O) groups excluding carboxylic acids is 1. The second-order valence-electron chi connectivity index (χ2n) is 6.13. The van der Waals surface area contributed by atoms with Gasteiger partial charge in [-0.15, -0.1) is 0 Å². The summed E-state index contributed by atoms with van der Waals surface area (Å²) in [5.41, 5.74) is 2.61. The molecule has 0 unspecified atom stereocenters. The molecule has 0 aromatic heterocycles. The Labute approximate surface area is 183 Å². The minimum absolute atomic E-state index is 0.0798. The van der Waals surface area contributed by atoms with Gasteiger partial charge < -0.3 is 4.74 Å². The van der Waals surface area contributed by atoms with Crippen LogP contribution in [-0.2, 0) is 4.79 Å². The Balaban J connectivity index is 1.79. The quantitative estimate of drug-likeness (QED) is 0.110. The van der Waals surface area contributed by atoms with Crippen molar-refractivity contribution in [2.45, 2.75) is 0 Å². The third-order valence-electron chi connectivity index (χ3n) is 4.07. The van der Waals surface area contributed by atoms with Gasteiger partial charge in [-0.3, -0.25) is 10.1 Å². The molecule has 3 aromatic rings. The van der Waals surface area contributed by atoms with Crippen LogP contribution in [0.25, 0.3) is 5.57 Å². The smallest absolute Gasteiger partial charge is 0.336 e. The first-order valence-corrected chi connectivity index (χ1v) is 9.54. The highest BCUT2D eigenvalue weighted by molar-refractivity contribution is 6.31. The highest BCUT2D eigenvalue weighted by Crippen LogP contribution is 2.26. The van der Waals surface area contributed by atoms with Gasteiger partial charge in [-0.2, -0.15) is 0 Å². The van der Waals surface area contributed by atoms with Gasteiger partial charge in [-0.25, -0.2) is 4.79 Å². The van der Waals surface area contributed by atoms with Crippen molar-refractivity contribution in [1.82, 2.24) is 0 Å². The number of non-ortho nitro benzene ring substituents is 1. The molecule has 0 aliphatic rings. The largest absolute Gasteiger partial charge is 0.423 e. The standard InChI is InChI=1S/C23H15Cl2NO4/c24-18-8-4-16(5-9-18)22(17-6-10-19(25)11-7-17)2-1-3-23(27)30-21-14-12-20(13-15-21)26(28)29/h1-15H/b3-1+. The molecule has 0 heterocycles. The van der Waals surface area contributed by atoms with Crippen LogP contribution in [0.1, 0.15) is 11.1 Å². The van der Waals surface area contributed by atoms with Gasteiger partial charge >= 0.3 is 5.97 Å². The number of benzene rings is 3. The Bertz CT molecular complexity index is 1060. The molecule has 0 fully saturated rings. The summed E-state index contributed by atoms with van der Waals surface area (Å²) in [5.74, 6) is -0.387. The Morgan fingerprint density at radius 3 is 1.80 bits per heavy atom. The second kappa shape index (κ2) is 9.87. The minimum atomic E-state index is -0.605. The minimum Gasteiger partial charge on any atom is -0.423 e. The van der Waals surface area contributed by atoms with Gasteiger partial charge in [0.1, 0.15) is 5.75 Å². The normalized spacial score (nSPS) is 10.6. The summed E-state index contributed by atoms with van der Waals surface area (Å²) < 4.78 is 5.16. The maximum atomic E-state index is 12.1. The average molecular weight is 440 g/mol. The van der Waals surface area contributed by atoms with Gasteiger partial charge in [0.05, 0.1) is 4.92 Å². The van der Waals surface area contributed by atoms with Crippen LogP contribution in [0.2, 0.25) is 10.0 Å². The van der Waals surface area contributed by atoms with Gasteiger partial charge in [0.2, 0.25) is 0 Å². The molecule has 0 aliphatic carbocycles. The molecule has 3 aromatic carbocycles. The number of halogens is 2. The number of hydrogen-bond acceptors (Lipinski definition) is 4. The van der Waals surface area contributed by atoms with Crippen LogP contribution in [0.5, 0.6) is 5.75 Å². The number of hydrogen-bond donors (Lipinski definition) is 0. The lowest BCUT2D eigenvalue weighted by atomic mass is 9.97. The molecule has 0 bridgehead atoms. The van der Waals surface area contributed by atoms with E-state index in [4.69, 9.17) is 27.9 Å². The number of allylic oxidation sites excluding steroid dienone is 2. The van der Waals surface area contributed by atoms with Crippen molar-refractivity contribution >= 4 is 40.4 Å². The van der Waals surface area contributed by atoms with E-state index in [0.29, 0.717) is 10.0 Å². The lowest BCUT2D eigenvalue weighted by molar-refractivity contribution is -0.384. The van der Waals surface area contributed by atoms with E-state index in [9.17, 15) is 14.9 Å². The Morgan fingerprint density at radius 2 is 1.33 bits per heavy atom. The van der Waals surface area contributed by atoms with Gasteiger partial charge in [0, 0.05) is 28.3 Å². The summed E-state index contributed by atoms with van der Waals surface area (Å²) in [6, 6.07) is 19.9. The Morgan fingerprint density at radius 1 is 0.833 bits per heavy atom. The van der Waals surface area contributed by atoms with E-state index in [1.165, 1.54) is 30.3 Å². The molecule has 0 saturated heterocycles. The first kappa shape index (κ1) is 21.3. The number of nitrogens with zero attached hydrogens (tertiary/aromatic N) is 1. The van der Waals surface area contributed by atoms with Crippen molar-refractivity contribution in [2.75, 3.05) is 0 Å². The van der Waals surface area contributed by atoms with E-state index in [2.05, 4.69) is 0 Å². The number of carbonyl (C=O) groups is 1. The van der Waals surface area contributed by atoms with Gasteiger partial charge in [0.15, 0.2) is 0 Å². The molecule has 150 valence electrons. The van der Waals surface area contributed by atoms with Crippen LogP contribution < -0.4 is 4.74 Å². The van der Waals surface area contributed by atoms with Crippen molar-refractivity contribution < 1.29 is 14.5 Å². The summed E-state index contributed by atoms with van der Waals surface area (Å²) in [5, 5.41) is 11.9. The fraction of sp³-hybridized carbons (Fsp3) is 0. The monoisotopic (exact) mass is 439 g/mol. The van der Waals surface area contributed by atoms with Crippen LogP contribution in [0.3, 0.4) is 0 Å². The number of nitro groups is 1. The molecule has 0 atom stereocenters. The van der Waals surface area contributed by atoms with Crippen molar-refractivity contribution in [3.8, 4) is 5.75 Å². The van der Waals surface area contributed by atoms with Crippen molar-refractivity contribution in [2.24, 2.45) is 0 Å². The Hall–Kier alpha value is -3.41. The predicted octanol–water partition coefficient (Wildman–Crippen LogP) is 6.50. The summed E-state index contributed by atoms with van der Waals surface area (Å²) in [6.07, 6.45) is 4.63. The number of nitro benzene ring substituents is 1. The summed E-state index contributed by atoms with van der Waals surface area (Å²) in [7, 11) is 0. The summed E-state index contributed by atoms with van der Waals surface area (Å²) in [6.45, 7) is 0. The van der Waals surface area contributed by atoms with Crippen LogP contribution in [0.15, 0.2) is 91.0 Å². The molecular formula is C23H15Cl2NO4. The maximum Gasteiger partial charge on any atom is 0.336 e. The zero-order chi connectivity index (χ0) is 21.5. The van der Waals surface area contributed by atoms with Crippen LogP contribution >= 0.6 is 23.2 Å². The van der Waals surface area contributed by atoms with Crippen LogP contribution in [-0.4, -0.2) is 10.9 Å². The van der Waals surface area contributed by atoms with E-state index < -0.39 is 10.9 Å². The van der Waals surface area contributed by atoms with Gasteiger partial charge in [-0.1, -0.05) is 59.6 Å². The second-order valence-corrected chi connectivity index (χ2v) is 7.00. The molecule has 0 amide bonds. The highest BCUT2D eigenvalue weighted by atomic mass is 35.5. The first-order valence-electron chi connectivity index (χ1n) is 8.79. The summed E-state index contributed by atoms with van der Waals surface area (Å²) >= 11 is 12.0. The fourth-order valence-corrected chi connectivity index (χ4v) is 2.88. The van der Waals surface area contributed by atoms with Crippen LogP contribution in [0.4, 0.5) is 5.69 Å². The molecule has 7 heteroatoms. The predicted molar refractivity (Wildman–Crippen MR) is 118 cm³/mol. The molecule has 0 saturated carbocycles. The third kappa shape index (κ3) is 5.80. The molecule has 3 rings (SSSR count). The van der Waals surface area contributed by atoms with Crippen molar-refractivity contribution in [1.29, 1.82) is 0 Å². The summed E-state index contributed by atoms with van der Waals surface area (Å²) in [4.78, 5) is 22.2. The Kier molecular flexibility index (Phi) is 7.01. The SMILES string of the molecule is O=C(/C=C/C=C(c1ccc(Cl)cc1)c1ccc(Cl)cc1)Oc1ccc([N+](=O)[O-])cc1. The van der Waals surface area contributed by atoms with E-state index in [1.54, 1.807) is 36.4 Å². The highest BCUT2D eigenvalue weighted by Gasteiger charge is 2.07. The van der Waals surface area contributed by atoms with E-state index >= 15 is 0 Å². The fourth-order valence-electron chi connectivity index (χ4n) is 2.63. The molecular weight excluding hydrogens is 425 g/mol. The van der Waals surface area contributed by atoms with Crippen molar-refractivity contribution in [3.05, 3.63) is 122 Å². The molecule has 0 radical (unpaired) electrons. The van der Waals surface area contributed by atoms with E-state index in [1.807, 2.05) is 24.3 Å².